The van der Waals surface area contributed by atoms with Crippen LogP contribution in [0.15, 0.2) is 4.52 Å². The standard InChI is InChI=1S/C14H23N5OS/c1-9(2)13-11(10(3)17-20-13)7-21-8-12-15-18-19(16-12)14(4,5)6/h9H,7-8H2,1-6H3. The van der Waals surface area contributed by atoms with Gasteiger partial charge >= 0.3 is 0 Å². The molecule has 2 rings (SSSR count). The fourth-order valence-electron chi connectivity index (χ4n) is 1.87. The van der Waals surface area contributed by atoms with Crippen LogP contribution < -0.4 is 0 Å². The lowest BCUT2D eigenvalue weighted by Crippen LogP contribution is -2.24. The minimum Gasteiger partial charge on any atom is -0.361 e. The molecule has 0 saturated heterocycles. The zero-order chi connectivity index (χ0) is 15.6. The third kappa shape index (κ3) is 3.84. The Hall–Kier alpha value is -1.37. The highest BCUT2D eigenvalue weighted by Crippen LogP contribution is 2.27. The van der Waals surface area contributed by atoms with Crippen molar-refractivity contribution in [3.05, 3.63) is 22.8 Å². The minimum atomic E-state index is -0.133. The lowest BCUT2D eigenvalue weighted by Gasteiger charge is -2.15. The van der Waals surface area contributed by atoms with E-state index in [2.05, 4.69) is 55.2 Å². The Kier molecular flexibility index (Phi) is 4.70. The maximum absolute atomic E-state index is 5.40. The second-order valence-corrected chi connectivity index (χ2v) is 7.41. The molecule has 2 aromatic heterocycles. The van der Waals surface area contributed by atoms with E-state index >= 15 is 0 Å². The van der Waals surface area contributed by atoms with E-state index in [1.807, 2.05) is 6.92 Å². The predicted octanol–water partition coefficient (Wildman–Crippen LogP) is 3.28. The highest BCUT2D eigenvalue weighted by atomic mass is 32.2. The maximum atomic E-state index is 5.40. The van der Waals surface area contributed by atoms with E-state index in [-0.39, 0.29) is 5.54 Å². The number of rotatable bonds is 5. The van der Waals surface area contributed by atoms with Crippen LogP contribution in [-0.4, -0.2) is 25.4 Å². The Morgan fingerprint density at radius 2 is 1.95 bits per heavy atom. The van der Waals surface area contributed by atoms with Gasteiger partial charge in [-0.2, -0.15) is 4.80 Å². The van der Waals surface area contributed by atoms with Crippen molar-refractivity contribution < 1.29 is 4.52 Å². The van der Waals surface area contributed by atoms with E-state index in [1.54, 1.807) is 16.6 Å². The lowest BCUT2D eigenvalue weighted by atomic mass is 10.1. The van der Waals surface area contributed by atoms with Gasteiger partial charge in [0.1, 0.15) is 5.76 Å². The molecule has 0 aliphatic carbocycles. The fraction of sp³-hybridized carbons (Fsp3) is 0.714. The summed E-state index contributed by atoms with van der Waals surface area (Å²) in [6.45, 7) is 12.4. The normalized spacial score (nSPS) is 12.3. The zero-order valence-electron chi connectivity index (χ0n) is 13.5. The smallest absolute Gasteiger partial charge is 0.184 e. The van der Waals surface area contributed by atoms with Crippen LogP contribution >= 0.6 is 11.8 Å². The van der Waals surface area contributed by atoms with Crippen molar-refractivity contribution in [3.8, 4) is 0 Å². The summed E-state index contributed by atoms with van der Waals surface area (Å²) in [5, 5.41) is 16.7. The quantitative estimate of drug-likeness (QED) is 0.844. The molecule has 0 aliphatic heterocycles. The molecule has 0 unspecified atom stereocenters. The van der Waals surface area contributed by atoms with Gasteiger partial charge in [0, 0.05) is 17.2 Å². The van der Waals surface area contributed by atoms with Crippen LogP contribution in [0.2, 0.25) is 0 Å². The number of nitrogens with zero attached hydrogens (tertiary/aromatic N) is 5. The Bertz CT molecular complexity index is 597. The molecule has 6 nitrogen and oxygen atoms in total. The monoisotopic (exact) mass is 309 g/mol. The molecule has 21 heavy (non-hydrogen) atoms. The molecule has 0 saturated carbocycles. The molecule has 0 aromatic carbocycles. The van der Waals surface area contributed by atoms with Crippen molar-refractivity contribution in [3.63, 3.8) is 0 Å². The van der Waals surface area contributed by atoms with Crippen LogP contribution in [0.5, 0.6) is 0 Å². The summed E-state index contributed by atoms with van der Waals surface area (Å²) in [6.07, 6.45) is 0. The number of thioether (sulfide) groups is 1. The van der Waals surface area contributed by atoms with Crippen LogP contribution in [-0.2, 0) is 17.0 Å². The molecular weight excluding hydrogens is 286 g/mol. The summed E-state index contributed by atoms with van der Waals surface area (Å²) in [5.41, 5.74) is 2.03. The van der Waals surface area contributed by atoms with Gasteiger partial charge in [0.05, 0.1) is 17.0 Å². The van der Waals surface area contributed by atoms with Crippen molar-refractivity contribution in [2.24, 2.45) is 0 Å². The van der Waals surface area contributed by atoms with E-state index in [0.717, 1.165) is 28.8 Å². The van der Waals surface area contributed by atoms with Crippen LogP contribution in [0.25, 0.3) is 0 Å². The van der Waals surface area contributed by atoms with E-state index in [0.29, 0.717) is 5.92 Å². The predicted molar refractivity (Wildman–Crippen MR) is 83.1 cm³/mol. The first-order valence-electron chi connectivity index (χ1n) is 7.11. The van der Waals surface area contributed by atoms with Crippen molar-refractivity contribution in [2.45, 2.75) is 64.5 Å². The third-order valence-corrected chi connectivity index (χ3v) is 4.03. The molecule has 0 bridgehead atoms. The molecule has 0 atom stereocenters. The summed E-state index contributed by atoms with van der Waals surface area (Å²) >= 11 is 1.76. The first-order chi connectivity index (χ1) is 9.79. The second-order valence-electron chi connectivity index (χ2n) is 6.42. The van der Waals surface area contributed by atoms with Gasteiger partial charge in [-0.05, 0) is 32.9 Å². The maximum Gasteiger partial charge on any atom is 0.184 e. The largest absolute Gasteiger partial charge is 0.361 e. The van der Waals surface area contributed by atoms with E-state index < -0.39 is 0 Å². The Morgan fingerprint density at radius 3 is 2.52 bits per heavy atom. The zero-order valence-corrected chi connectivity index (χ0v) is 14.4. The van der Waals surface area contributed by atoms with Crippen LogP contribution in [0.3, 0.4) is 0 Å². The third-order valence-electron chi connectivity index (χ3n) is 3.07. The first-order valence-corrected chi connectivity index (χ1v) is 8.26. The molecule has 0 spiro atoms. The minimum absolute atomic E-state index is 0.133. The lowest BCUT2D eigenvalue weighted by molar-refractivity contribution is 0.305. The molecule has 0 fully saturated rings. The van der Waals surface area contributed by atoms with Crippen molar-refractivity contribution >= 4 is 11.8 Å². The average Bonchev–Trinajstić information content (AvgIpc) is 2.97. The van der Waals surface area contributed by atoms with Gasteiger partial charge in [0.25, 0.3) is 0 Å². The van der Waals surface area contributed by atoms with Gasteiger partial charge < -0.3 is 4.52 Å². The molecule has 2 aromatic rings. The second kappa shape index (κ2) is 6.17. The summed E-state index contributed by atoms with van der Waals surface area (Å²) < 4.78 is 5.40. The molecule has 116 valence electrons. The molecule has 0 radical (unpaired) electrons. The molecule has 0 N–H and O–H groups in total. The summed E-state index contributed by atoms with van der Waals surface area (Å²) in [5.74, 6) is 3.67. The van der Waals surface area contributed by atoms with E-state index in [1.165, 1.54) is 5.56 Å². The summed E-state index contributed by atoms with van der Waals surface area (Å²) in [4.78, 5) is 1.66. The van der Waals surface area contributed by atoms with Gasteiger partial charge in [-0.3, -0.25) is 0 Å². The Balaban J connectivity index is 1.96. The number of aryl methyl sites for hydroxylation is 1. The number of tetrazole rings is 1. The Labute approximate surface area is 129 Å². The molecular formula is C14H23N5OS. The van der Waals surface area contributed by atoms with E-state index in [4.69, 9.17) is 4.52 Å². The average molecular weight is 309 g/mol. The number of hydrogen-bond donors (Lipinski definition) is 0. The molecule has 2 heterocycles. The van der Waals surface area contributed by atoms with Crippen molar-refractivity contribution in [1.29, 1.82) is 0 Å². The summed E-state index contributed by atoms with van der Waals surface area (Å²) in [7, 11) is 0. The molecule has 0 aliphatic rings. The van der Waals surface area contributed by atoms with Gasteiger partial charge in [-0.1, -0.05) is 19.0 Å². The van der Waals surface area contributed by atoms with Crippen LogP contribution in [0.4, 0.5) is 0 Å². The SMILES string of the molecule is Cc1noc(C(C)C)c1CSCc1nnn(C(C)(C)C)n1. The first kappa shape index (κ1) is 16.0. The highest BCUT2D eigenvalue weighted by molar-refractivity contribution is 7.97. The van der Waals surface area contributed by atoms with Gasteiger partial charge in [-0.25, -0.2) is 0 Å². The Morgan fingerprint density at radius 1 is 1.24 bits per heavy atom. The van der Waals surface area contributed by atoms with Gasteiger partial charge in [-0.15, -0.1) is 22.0 Å². The number of aromatic nitrogens is 5. The van der Waals surface area contributed by atoms with Crippen molar-refractivity contribution in [2.75, 3.05) is 0 Å². The van der Waals surface area contributed by atoms with Gasteiger partial charge in [0.2, 0.25) is 0 Å². The van der Waals surface area contributed by atoms with Crippen molar-refractivity contribution in [1.82, 2.24) is 25.4 Å². The fourth-order valence-corrected chi connectivity index (χ4v) is 2.82. The van der Waals surface area contributed by atoms with Crippen LogP contribution in [0, 0.1) is 6.92 Å². The van der Waals surface area contributed by atoms with Gasteiger partial charge in [0.15, 0.2) is 5.82 Å². The molecule has 0 amide bonds. The number of hydrogen-bond acceptors (Lipinski definition) is 6. The van der Waals surface area contributed by atoms with E-state index in [9.17, 15) is 0 Å². The highest BCUT2D eigenvalue weighted by Gasteiger charge is 2.18. The molecule has 7 heteroatoms. The van der Waals surface area contributed by atoms with Crippen LogP contribution in [0.1, 0.15) is 63.4 Å². The summed E-state index contributed by atoms with van der Waals surface area (Å²) in [6, 6.07) is 0. The topological polar surface area (TPSA) is 69.6 Å².